The Balaban J connectivity index is 1.29. The molecule has 0 saturated carbocycles. The van der Waals surface area contributed by atoms with Gasteiger partial charge in [0.15, 0.2) is 0 Å². The summed E-state index contributed by atoms with van der Waals surface area (Å²) in [5.41, 5.74) is 2.43. The lowest BCUT2D eigenvalue weighted by Crippen LogP contribution is -2.41. The summed E-state index contributed by atoms with van der Waals surface area (Å²) < 4.78 is 5.79. The molecule has 1 heterocycles. The van der Waals surface area contributed by atoms with Gasteiger partial charge in [-0.15, -0.1) is 11.3 Å². The zero-order valence-corrected chi connectivity index (χ0v) is 28.0. The molecule has 1 aromatic carbocycles. The minimum absolute atomic E-state index is 0.0403. The summed E-state index contributed by atoms with van der Waals surface area (Å²) in [5, 5.41) is 7.99. The Morgan fingerprint density at radius 3 is 2.30 bits per heavy atom. The lowest BCUT2D eigenvalue weighted by Gasteiger charge is -2.35. The molecule has 1 aliphatic carbocycles. The van der Waals surface area contributed by atoms with Gasteiger partial charge in [0.1, 0.15) is 5.75 Å². The van der Waals surface area contributed by atoms with Gasteiger partial charge >= 0.3 is 5.97 Å². The van der Waals surface area contributed by atoms with Gasteiger partial charge in [-0.2, -0.15) is 0 Å². The summed E-state index contributed by atoms with van der Waals surface area (Å²) in [6.07, 6.45) is 14.5. The number of amides is 2. The molecule has 2 amide bonds. The van der Waals surface area contributed by atoms with Gasteiger partial charge < -0.3 is 15.4 Å². The maximum atomic E-state index is 12.6. The fraction of sp³-hybridized carbons (Fsp3) is 0.639. The molecule has 44 heavy (non-hydrogen) atoms. The number of carbonyl (C=O) groups is 3. The van der Waals surface area contributed by atoms with Gasteiger partial charge in [0, 0.05) is 43.4 Å². The van der Waals surface area contributed by atoms with E-state index in [0.717, 1.165) is 89.4 Å². The molecule has 0 fully saturated rings. The molecular weight excluding hydrogens is 570 g/mol. The van der Waals surface area contributed by atoms with E-state index in [4.69, 9.17) is 4.74 Å². The van der Waals surface area contributed by atoms with Crippen molar-refractivity contribution in [3.63, 3.8) is 0 Å². The van der Waals surface area contributed by atoms with E-state index in [-0.39, 0.29) is 30.7 Å². The normalized spacial score (nSPS) is 14.3. The SMILES string of the molecule is CCCCCCNC(=O)CCCCCCC(=O)NCCC(=O)Oc1cccc2c1CC[C@@H](N(CCC)CCc1cccs1)C2. The highest BCUT2D eigenvalue weighted by molar-refractivity contribution is 7.09. The Bertz CT molecular complexity index is 1120. The fourth-order valence-electron chi connectivity index (χ4n) is 5.99. The van der Waals surface area contributed by atoms with Crippen LogP contribution >= 0.6 is 11.3 Å². The van der Waals surface area contributed by atoms with E-state index in [9.17, 15) is 14.4 Å². The third-order valence-corrected chi connectivity index (χ3v) is 9.39. The van der Waals surface area contributed by atoms with Gasteiger partial charge in [0.25, 0.3) is 0 Å². The number of nitrogens with zero attached hydrogens (tertiary/aromatic N) is 1. The number of benzene rings is 1. The minimum Gasteiger partial charge on any atom is -0.426 e. The summed E-state index contributed by atoms with van der Waals surface area (Å²) in [4.78, 5) is 40.8. The average Bonchev–Trinajstić information content (AvgIpc) is 3.54. The molecule has 2 aromatic rings. The van der Waals surface area contributed by atoms with Crippen LogP contribution in [0.4, 0.5) is 0 Å². The second-order valence-corrected chi connectivity index (χ2v) is 13.1. The largest absolute Gasteiger partial charge is 0.426 e. The molecule has 0 bridgehead atoms. The molecule has 0 radical (unpaired) electrons. The fourth-order valence-corrected chi connectivity index (χ4v) is 6.69. The van der Waals surface area contributed by atoms with E-state index in [0.29, 0.717) is 24.6 Å². The van der Waals surface area contributed by atoms with Gasteiger partial charge in [-0.1, -0.05) is 64.2 Å². The molecule has 8 heteroatoms. The standard InChI is InChI=1S/C36H55N3O4S/c1-3-5-6-11-23-37-34(40)17-9-7-8-10-18-35(41)38-24-21-36(42)43-33-16-12-14-29-28-30(19-20-32(29)33)39(25-4-2)26-22-31-15-13-27-44-31/h12-16,27,30H,3-11,17-26,28H2,1-2H3,(H,37,40)(H,38,41)/t30-/m1/s1. The molecule has 2 N–H and O–H groups in total. The molecule has 244 valence electrons. The Morgan fingerprint density at radius 1 is 0.841 bits per heavy atom. The lowest BCUT2D eigenvalue weighted by molar-refractivity contribution is -0.134. The predicted molar refractivity (Wildman–Crippen MR) is 180 cm³/mol. The van der Waals surface area contributed by atoms with Crippen LogP contribution in [-0.4, -0.2) is 54.9 Å². The zero-order chi connectivity index (χ0) is 31.4. The first-order valence-corrected chi connectivity index (χ1v) is 18.0. The van der Waals surface area contributed by atoms with Crippen molar-refractivity contribution in [2.24, 2.45) is 0 Å². The van der Waals surface area contributed by atoms with Gasteiger partial charge in [-0.05, 0) is 86.6 Å². The summed E-state index contributed by atoms with van der Waals surface area (Å²) in [6.45, 7) is 7.66. The van der Waals surface area contributed by atoms with Gasteiger partial charge in [-0.25, -0.2) is 0 Å². The van der Waals surface area contributed by atoms with Crippen LogP contribution in [0.1, 0.15) is 113 Å². The third-order valence-electron chi connectivity index (χ3n) is 8.45. The van der Waals surface area contributed by atoms with Crippen LogP contribution in [0.5, 0.6) is 5.75 Å². The second kappa shape index (κ2) is 21.1. The number of ether oxygens (including phenoxy) is 1. The zero-order valence-electron chi connectivity index (χ0n) is 27.2. The molecule has 1 aromatic heterocycles. The molecule has 3 rings (SSSR count). The van der Waals surface area contributed by atoms with Crippen LogP contribution in [0.15, 0.2) is 35.7 Å². The second-order valence-electron chi connectivity index (χ2n) is 12.1. The molecule has 0 aliphatic heterocycles. The topological polar surface area (TPSA) is 87.7 Å². The molecule has 7 nitrogen and oxygen atoms in total. The van der Waals surface area contributed by atoms with Crippen LogP contribution in [0.2, 0.25) is 0 Å². The van der Waals surface area contributed by atoms with E-state index in [2.05, 4.69) is 53.0 Å². The number of nitrogens with one attached hydrogen (secondary N) is 2. The maximum Gasteiger partial charge on any atom is 0.312 e. The van der Waals surface area contributed by atoms with Crippen molar-refractivity contribution < 1.29 is 19.1 Å². The number of esters is 1. The van der Waals surface area contributed by atoms with Crippen LogP contribution < -0.4 is 15.4 Å². The summed E-state index contributed by atoms with van der Waals surface area (Å²) in [5.74, 6) is 0.447. The van der Waals surface area contributed by atoms with Crippen molar-refractivity contribution in [1.29, 1.82) is 0 Å². The number of rotatable bonds is 22. The number of hydrogen-bond donors (Lipinski definition) is 2. The van der Waals surface area contributed by atoms with E-state index in [1.54, 1.807) is 0 Å². The van der Waals surface area contributed by atoms with Crippen LogP contribution in [0.25, 0.3) is 0 Å². The molecule has 0 unspecified atom stereocenters. The van der Waals surface area contributed by atoms with Gasteiger partial charge in [0.05, 0.1) is 6.42 Å². The number of thiophene rings is 1. The molecule has 1 aliphatic rings. The summed E-state index contributed by atoms with van der Waals surface area (Å²) in [6, 6.07) is 10.9. The van der Waals surface area contributed by atoms with Crippen LogP contribution in [0, 0.1) is 0 Å². The first-order valence-electron chi connectivity index (χ1n) is 17.1. The Morgan fingerprint density at radius 2 is 1.59 bits per heavy atom. The van der Waals surface area contributed by atoms with Crippen LogP contribution in [-0.2, 0) is 33.6 Å². The minimum atomic E-state index is -0.312. The number of hydrogen-bond acceptors (Lipinski definition) is 6. The summed E-state index contributed by atoms with van der Waals surface area (Å²) >= 11 is 1.83. The lowest BCUT2D eigenvalue weighted by atomic mass is 9.86. The molecule has 1 atom stereocenters. The number of fused-ring (bicyclic) bond motifs is 1. The van der Waals surface area contributed by atoms with Gasteiger partial charge in [-0.3, -0.25) is 19.3 Å². The number of unbranched alkanes of at least 4 members (excludes halogenated alkanes) is 6. The highest BCUT2D eigenvalue weighted by atomic mass is 32.1. The van der Waals surface area contributed by atoms with Crippen LogP contribution in [0.3, 0.4) is 0 Å². The molecule has 0 saturated heterocycles. The van der Waals surface area contributed by atoms with E-state index in [1.165, 1.54) is 29.7 Å². The third kappa shape index (κ3) is 13.5. The van der Waals surface area contributed by atoms with Crippen molar-refractivity contribution in [3.05, 3.63) is 51.7 Å². The van der Waals surface area contributed by atoms with Crippen molar-refractivity contribution in [1.82, 2.24) is 15.5 Å². The van der Waals surface area contributed by atoms with E-state index >= 15 is 0 Å². The van der Waals surface area contributed by atoms with Crippen molar-refractivity contribution in [2.75, 3.05) is 26.2 Å². The van der Waals surface area contributed by atoms with E-state index < -0.39 is 0 Å². The van der Waals surface area contributed by atoms with Crippen molar-refractivity contribution in [2.45, 2.75) is 123 Å². The summed E-state index contributed by atoms with van der Waals surface area (Å²) in [7, 11) is 0. The monoisotopic (exact) mass is 625 g/mol. The Kier molecular flexibility index (Phi) is 17.2. The predicted octanol–water partition coefficient (Wildman–Crippen LogP) is 7.01. The van der Waals surface area contributed by atoms with Crippen molar-refractivity contribution >= 4 is 29.1 Å². The highest BCUT2D eigenvalue weighted by Crippen LogP contribution is 2.32. The Labute approximate surface area is 269 Å². The maximum absolute atomic E-state index is 12.6. The first kappa shape index (κ1) is 35.8. The smallest absolute Gasteiger partial charge is 0.312 e. The first-order chi connectivity index (χ1) is 21.5. The van der Waals surface area contributed by atoms with E-state index in [1.807, 2.05) is 23.5 Å². The molecule has 0 spiro atoms. The van der Waals surface area contributed by atoms with Crippen molar-refractivity contribution in [3.8, 4) is 5.75 Å². The molecular formula is C36H55N3O4S. The number of carbonyl (C=O) groups excluding carboxylic acids is 3. The quantitative estimate of drug-likeness (QED) is 0.0835. The average molecular weight is 626 g/mol. The highest BCUT2D eigenvalue weighted by Gasteiger charge is 2.26. The van der Waals surface area contributed by atoms with Gasteiger partial charge in [0.2, 0.25) is 11.8 Å². The Hall–Kier alpha value is -2.71.